The number of carbonyl (C=O) groups excluding carboxylic acids is 2. The maximum absolute atomic E-state index is 12.9. The van der Waals surface area contributed by atoms with Crippen LogP contribution in [0.5, 0.6) is 0 Å². The van der Waals surface area contributed by atoms with E-state index in [9.17, 15) is 19.8 Å². The zero-order valence-corrected chi connectivity index (χ0v) is 26.5. The summed E-state index contributed by atoms with van der Waals surface area (Å²) in [5.74, 6) is -0.254. The Morgan fingerprint density at radius 3 is 1.90 bits per heavy atom. The highest BCUT2D eigenvalue weighted by Crippen LogP contribution is 2.27. The zero-order chi connectivity index (χ0) is 33.0. The molecule has 0 bridgehead atoms. The maximum Gasteiger partial charge on any atom is 0.321 e. The molecule has 2 aliphatic rings. The Kier molecular flexibility index (Phi) is 8.95. The van der Waals surface area contributed by atoms with Gasteiger partial charge in [0.05, 0.1) is 29.6 Å². The standard InChI is InChI=1S/C37H39N7O4/c45-33-15-19-42(20-16-33)31-10-5-27(6-11-31)39-30-9-14-35-26(23-30)24-38-44(35)32-12-7-28(8-13-32)40-36(47)25-1-3-29(4-2-25)41-37(48)43-21-17-34(46)18-22-43/h1-14,23-24,33-34,39,45-46H,15-22H2,(H,40,47)(H,41,48). The second-order valence-electron chi connectivity index (χ2n) is 12.4. The molecule has 3 amide bonds. The Morgan fingerprint density at radius 2 is 1.21 bits per heavy atom. The summed E-state index contributed by atoms with van der Waals surface area (Å²) >= 11 is 0. The van der Waals surface area contributed by atoms with Crippen molar-refractivity contribution in [2.75, 3.05) is 47.0 Å². The number of urea groups is 1. The van der Waals surface area contributed by atoms with E-state index in [2.05, 4.69) is 56.3 Å². The smallest absolute Gasteiger partial charge is 0.321 e. The van der Waals surface area contributed by atoms with Gasteiger partial charge < -0.3 is 36.0 Å². The molecule has 0 saturated carbocycles. The molecule has 7 rings (SSSR count). The number of nitrogens with one attached hydrogen (secondary N) is 3. The number of amides is 3. The van der Waals surface area contributed by atoms with Gasteiger partial charge >= 0.3 is 6.03 Å². The van der Waals surface area contributed by atoms with Crippen LogP contribution in [-0.2, 0) is 0 Å². The van der Waals surface area contributed by atoms with Gasteiger partial charge in [-0.05, 0) is 117 Å². The minimum absolute atomic E-state index is 0.184. The Hall–Kier alpha value is -5.39. The van der Waals surface area contributed by atoms with Gasteiger partial charge in [0.1, 0.15) is 0 Å². The van der Waals surface area contributed by atoms with Crippen molar-refractivity contribution in [2.24, 2.45) is 0 Å². The van der Waals surface area contributed by atoms with Crippen LogP contribution in [0.2, 0.25) is 0 Å². The van der Waals surface area contributed by atoms with Gasteiger partial charge in [-0.3, -0.25) is 4.79 Å². The predicted octanol–water partition coefficient (Wildman–Crippen LogP) is 5.97. The topological polar surface area (TPSA) is 135 Å². The lowest BCUT2D eigenvalue weighted by Gasteiger charge is -2.31. The summed E-state index contributed by atoms with van der Waals surface area (Å²) in [6, 6.07) is 28.6. The van der Waals surface area contributed by atoms with Gasteiger partial charge in [-0.25, -0.2) is 9.48 Å². The number of likely N-dealkylation sites (tertiary alicyclic amines) is 1. The summed E-state index contributed by atoms with van der Waals surface area (Å²) in [7, 11) is 0. The van der Waals surface area contributed by atoms with Crippen molar-refractivity contribution in [3.8, 4) is 5.69 Å². The van der Waals surface area contributed by atoms with Crippen molar-refractivity contribution < 1.29 is 19.8 Å². The second kappa shape index (κ2) is 13.8. The van der Waals surface area contributed by atoms with Crippen molar-refractivity contribution >= 4 is 51.3 Å². The first-order valence-corrected chi connectivity index (χ1v) is 16.4. The number of fused-ring (bicyclic) bond motifs is 1. The number of carbonyl (C=O) groups is 2. The Balaban J connectivity index is 0.945. The molecule has 2 fully saturated rings. The lowest BCUT2D eigenvalue weighted by atomic mass is 10.1. The maximum atomic E-state index is 12.9. The highest BCUT2D eigenvalue weighted by molar-refractivity contribution is 6.04. The first kappa shape index (κ1) is 31.2. The first-order valence-electron chi connectivity index (χ1n) is 16.4. The summed E-state index contributed by atoms with van der Waals surface area (Å²) in [5.41, 5.74) is 6.69. The van der Waals surface area contributed by atoms with Gasteiger partial charge in [0, 0.05) is 65.6 Å². The normalized spacial score (nSPS) is 15.8. The molecule has 0 unspecified atom stereocenters. The Bertz CT molecular complexity index is 1870. The van der Waals surface area contributed by atoms with Crippen LogP contribution in [0, 0.1) is 0 Å². The number of nitrogens with zero attached hydrogens (tertiary/aromatic N) is 4. The number of hydrogen-bond acceptors (Lipinski definition) is 7. The van der Waals surface area contributed by atoms with Crippen LogP contribution >= 0.6 is 0 Å². The molecule has 11 nitrogen and oxygen atoms in total. The average Bonchev–Trinajstić information content (AvgIpc) is 3.53. The molecular weight excluding hydrogens is 606 g/mol. The van der Waals surface area contributed by atoms with Crippen LogP contribution in [0.1, 0.15) is 36.0 Å². The Labute approximate surface area is 278 Å². The van der Waals surface area contributed by atoms with Gasteiger partial charge in [0.15, 0.2) is 0 Å². The van der Waals surface area contributed by atoms with E-state index in [-0.39, 0.29) is 24.1 Å². The van der Waals surface area contributed by atoms with Gasteiger partial charge in [0.25, 0.3) is 5.91 Å². The number of benzene rings is 4. The minimum Gasteiger partial charge on any atom is -0.393 e. The molecule has 0 radical (unpaired) electrons. The fourth-order valence-electron chi connectivity index (χ4n) is 6.23. The van der Waals surface area contributed by atoms with E-state index in [1.54, 1.807) is 29.2 Å². The van der Waals surface area contributed by atoms with Gasteiger partial charge in [0.2, 0.25) is 0 Å². The van der Waals surface area contributed by atoms with Gasteiger partial charge in [-0.2, -0.15) is 5.10 Å². The number of aliphatic hydroxyl groups excluding tert-OH is 2. The van der Waals surface area contributed by atoms with E-state index >= 15 is 0 Å². The van der Waals surface area contributed by atoms with Crippen LogP contribution in [0.25, 0.3) is 16.6 Å². The quantitative estimate of drug-likeness (QED) is 0.147. The van der Waals surface area contributed by atoms with Gasteiger partial charge in [-0.1, -0.05) is 0 Å². The molecule has 2 saturated heterocycles. The highest BCUT2D eigenvalue weighted by Gasteiger charge is 2.21. The molecule has 48 heavy (non-hydrogen) atoms. The fourth-order valence-corrected chi connectivity index (χ4v) is 6.23. The highest BCUT2D eigenvalue weighted by atomic mass is 16.3. The number of anilines is 5. The third-order valence-electron chi connectivity index (χ3n) is 9.07. The lowest BCUT2D eigenvalue weighted by Crippen LogP contribution is -2.42. The van der Waals surface area contributed by atoms with Crippen LogP contribution in [0.15, 0.2) is 97.2 Å². The van der Waals surface area contributed by atoms with Crippen molar-refractivity contribution in [3.63, 3.8) is 0 Å². The van der Waals surface area contributed by atoms with Crippen molar-refractivity contribution in [1.82, 2.24) is 14.7 Å². The van der Waals surface area contributed by atoms with E-state index in [0.29, 0.717) is 42.9 Å². The third-order valence-corrected chi connectivity index (χ3v) is 9.07. The second-order valence-corrected chi connectivity index (χ2v) is 12.4. The molecule has 11 heteroatoms. The number of aromatic nitrogens is 2. The monoisotopic (exact) mass is 645 g/mol. The summed E-state index contributed by atoms with van der Waals surface area (Å²) in [4.78, 5) is 29.4. The molecule has 3 heterocycles. The molecule has 5 aromatic rings. The largest absolute Gasteiger partial charge is 0.393 e. The van der Waals surface area contributed by atoms with Crippen molar-refractivity contribution in [2.45, 2.75) is 37.9 Å². The molecule has 4 aromatic carbocycles. The fraction of sp³-hybridized carbons (Fsp3) is 0.270. The number of piperidine rings is 2. The molecular formula is C37H39N7O4. The van der Waals surface area contributed by atoms with Crippen molar-refractivity contribution in [3.05, 3.63) is 103 Å². The molecule has 246 valence electrons. The van der Waals surface area contributed by atoms with Crippen LogP contribution in [0.4, 0.5) is 33.2 Å². The average molecular weight is 646 g/mol. The molecule has 0 atom stereocenters. The molecule has 5 N–H and O–H groups in total. The number of hydrogen-bond donors (Lipinski definition) is 5. The summed E-state index contributed by atoms with van der Waals surface area (Å²) in [6.07, 6.45) is 4.08. The molecule has 0 spiro atoms. The SMILES string of the molecule is O=C(Nc1ccc(-n2ncc3cc(Nc4ccc(N5CCC(O)CC5)cc4)ccc32)cc1)c1ccc(NC(=O)N2CCC(O)CC2)cc1. The van der Waals surface area contributed by atoms with Gasteiger partial charge in [-0.15, -0.1) is 0 Å². The summed E-state index contributed by atoms with van der Waals surface area (Å²) in [5, 5.41) is 34.3. The minimum atomic E-state index is -0.344. The molecule has 1 aromatic heterocycles. The number of aliphatic hydroxyl groups is 2. The summed E-state index contributed by atoms with van der Waals surface area (Å²) in [6.45, 7) is 2.78. The molecule has 0 aliphatic carbocycles. The van der Waals surface area contributed by atoms with Crippen LogP contribution < -0.4 is 20.9 Å². The van der Waals surface area contributed by atoms with Crippen molar-refractivity contribution in [1.29, 1.82) is 0 Å². The third kappa shape index (κ3) is 7.12. The lowest BCUT2D eigenvalue weighted by molar-refractivity contribution is 0.0971. The number of rotatable bonds is 7. The molecule has 2 aliphatic heterocycles. The van der Waals surface area contributed by atoms with E-state index in [1.807, 2.05) is 47.3 Å². The predicted molar refractivity (Wildman–Crippen MR) is 188 cm³/mol. The first-order chi connectivity index (χ1) is 23.4. The van der Waals surface area contributed by atoms with E-state index < -0.39 is 0 Å². The van der Waals surface area contributed by atoms with E-state index in [0.717, 1.165) is 53.9 Å². The zero-order valence-electron chi connectivity index (χ0n) is 26.5. The summed E-state index contributed by atoms with van der Waals surface area (Å²) < 4.78 is 1.87. The van der Waals surface area contributed by atoms with E-state index in [1.165, 1.54) is 5.69 Å². The Morgan fingerprint density at radius 1 is 0.646 bits per heavy atom. The van der Waals surface area contributed by atoms with Crippen LogP contribution in [-0.4, -0.2) is 75.2 Å². The van der Waals surface area contributed by atoms with E-state index in [4.69, 9.17) is 0 Å². The van der Waals surface area contributed by atoms with Crippen LogP contribution in [0.3, 0.4) is 0 Å².